The number of para-hydroxylation sites is 1. The molecule has 0 heterocycles. The molecule has 0 aliphatic heterocycles. The zero-order chi connectivity index (χ0) is 22.2. The van der Waals surface area contributed by atoms with Crippen LogP contribution in [0, 0.1) is 17.4 Å². The summed E-state index contributed by atoms with van der Waals surface area (Å²) >= 11 is 2.09. The molecular weight excluding hydrogens is 507 g/mol. The number of carbonyl (C=O) groups is 2. The van der Waals surface area contributed by atoms with E-state index in [2.05, 4.69) is 33.1 Å². The number of carbonyl (C=O) groups excluding carboxylic acids is 2. The van der Waals surface area contributed by atoms with Gasteiger partial charge in [0.2, 0.25) is 0 Å². The maximum absolute atomic E-state index is 12.3. The number of benzene rings is 3. The Morgan fingerprint density at radius 3 is 2.32 bits per heavy atom. The van der Waals surface area contributed by atoms with Crippen LogP contribution in [-0.4, -0.2) is 24.7 Å². The van der Waals surface area contributed by atoms with Gasteiger partial charge < -0.3 is 9.47 Å². The number of hydrazone groups is 1. The number of hydrogen-bond acceptors (Lipinski definition) is 5. The molecule has 1 amide bonds. The Balaban J connectivity index is 1.49. The van der Waals surface area contributed by atoms with E-state index in [0.717, 1.165) is 20.3 Å². The number of rotatable bonds is 7. The second-order valence-corrected chi connectivity index (χ2v) is 7.90. The largest absolute Gasteiger partial charge is 0.483 e. The Labute approximate surface area is 194 Å². The fourth-order valence-corrected chi connectivity index (χ4v) is 3.39. The van der Waals surface area contributed by atoms with Crippen molar-refractivity contribution in [2.45, 2.75) is 13.8 Å². The molecule has 0 aromatic heterocycles. The van der Waals surface area contributed by atoms with Crippen LogP contribution in [0.25, 0.3) is 0 Å². The highest BCUT2D eigenvalue weighted by molar-refractivity contribution is 14.1. The molecule has 0 saturated heterocycles. The fraction of sp³-hybridized carbons (Fsp3) is 0.125. The van der Waals surface area contributed by atoms with Gasteiger partial charge in [-0.1, -0.05) is 30.3 Å². The Hall–Kier alpha value is -3.20. The van der Waals surface area contributed by atoms with Gasteiger partial charge in [0.25, 0.3) is 5.91 Å². The molecule has 0 radical (unpaired) electrons. The first-order valence-electron chi connectivity index (χ1n) is 9.52. The summed E-state index contributed by atoms with van der Waals surface area (Å²) in [6, 6.07) is 19.8. The van der Waals surface area contributed by atoms with Crippen molar-refractivity contribution in [2.24, 2.45) is 5.10 Å². The quantitative estimate of drug-likeness (QED) is 0.159. The Kier molecular flexibility index (Phi) is 7.77. The van der Waals surface area contributed by atoms with Gasteiger partial charge in [-0.2, -0.15) is 5.10 Å². The summed E-state index contributed by atoms with van der Waals surface area (Å²) < 4.78 is 11.8. The fourth-order valence-electron chi connectivity index (χ4n) is 2.79. The molecule has 0 unspecified atom stereocenters. The summed E-state index contributed by atoms with van der Waals surface area (Å²) in [5.41, 5.74) is 5.63. The topological polar surface area (TPSA) is 77.0 Å². The van der Waals surface area contributed by atoms with Crippen molar-refractivity contribution in [3.8, 4) is 11.5 Å². The van der Waals surface area contributed by atoms with Crippen LogP contribution in [0.4, 0.5) is 0 Å². The van der Waals surface area contributed by atoms with Crippen LogP contribution < -0.4 is 14.9 Å². The molecule has 3 aromatic rings. The van der Waals surface area contributed by atoms with Crippen molar-refractivity contribution in [3.63, 3.8) is 0 Å². The minimum atomic E-state index is -0.414. The van der Waals surface area contributed by atoms with E-state index in [-0.39, 0.29) is 12.5 Å². The summed E-state index contributed by atoms with van der Waals surface area (Å²) in [5.74, 6) is 0.356. The van der Waals surface area contributed by atoms with Gasteiger partial charge in [-0.3, -0.25) is 4.79 Å². The van der Waals surface area contributed by atoms with Crippen LogP contribution in [0.15, 0.2) is 71.8 Å². The number of ether oxygens (including phenoxy) is 2. The minimum Gasteiger partial charge on any atom is -0.483 e. The van der Waals surface area contributed by atoms with Gasteiger partial charge in [-0.15, -0.1) is 0 Å². The van der Waals surface area contributed by atoms with Crippen molar-refractivity contribution < 1.29 is 19.1 Å². The Morgan fingerprint density at radius 1 is 0.968 bits per heavy atom. The molecule has 0 atom stereocenters. The van der Waals surface area contributed by atoms with Crippen LogP contribution in [0.1, 0.15) is 27.0 Å². The minimum absolute atomic E-state index is 0.129. The van der Waals surface area contributed by atoms with E-state index in [0.29, 0.717) is 17.1 Å². The highest BCUT2D eigenvalue weighted by Gasteiger charge is 2.11. The molecule has 6 nitrogen and oxygen atoms in total. The molecule has 0 saturated carbocycles. The van der Waals surface area contributed by atoms with E-state index >= 15 is 0 Å². The van der Waals surface area contributed by atoms with Gasteiger partial charge in [0.1, 0.15) is 11.5 Å². The predicted molar refractivity (Wildman–Crippen MR) is 128 cm³/mol. The second-order valence-electron chi connectivity index (χ2n) is 6.74. The van der Waals surface area contributed by atoms with Crippen LogP contribution in [0.2, 0.25) is 0 Å². The molecule has 31 heavy (non-hydrogen) atoms. The SMILES string of the molecule is Cc1cccc(C)c1OCC(=O)NN=Cc1ccc(OC(=O)c2ccccc2I)cc1. The van der Waals surface area contributed by atoms with Gasteiger partial charge in [-0.05, 0) is 89.5 Å². The molecule has 158 valence electrons. The lowest BCUT2D eigenvalue weighted by Crippen LogP contribution is -2.25. The maximum atomic E-state index is 12.3. The van der Waals surface area contributed by atoms with Crippen molar-refractivity contribution in [3.05, 3.63) is 92.6 Å². The summed E-state index contributed by atoms with van der Waals surface area (Å²) in [4.78, 5) is 24.2. The maximum Gasteiger partial charge on any atom is 0.344 e. The first-order valence-corrected chi connectivity index (χ1v) is 10.6. The summed E-state index contributed by atoms with van der Waals surface area (Å²) in [7, 11) is 0. The van der Waals surface area contributed by atoms with E-state index in [1.807, 2.05) is 44.2 Å². The first kappa shape index (κ1) is 22.5. The van der Waals surface area contributed by atoms with Gasteiger partial charge in [0.15, 0.2) is 6.61 Å². The lowest BCUT2D eigenvalue weighted by atomic mass is 10.1. The van der Waals surface area contributed by atoms with E-state index in [1.165, 1.54) is 6.21 Å². The summed E-state index contributed by atoms with van der Waals surface area (Å²) in [6.07, 6.45) is 1.50. The molecule has 0 aliphatic carbocycles. The van der Waals surface area contributed by atoms with Crippen LogP contribution in [-0.2, 0) is 4.79 Å². The second kappa shape index (κ2) is 10.7. The predicted octanol–water partition coefficient (Wildman–Crippen LogP) is 4.66. The van der Waals surface area contributed by atoms with Crippen molar-refractivity contribution in [1.29, 1.82) is 0 Å². The number of nitrogens with one attached hydrogen (secondary N) is 1. The zero-order valence-electron chi connectivity index (χ0n) is 17.1. The first-order chi connectivity index (χ1) is 14.9. The standard InChI is InChI=1S/C24H21IN2O4/c1-16-6-5-7-17(2)23(16)30-15-22(28)27-26-14-18-10-12-19(13-11-18)31-24(29)20-8-3-4-9-21(20)25/h3-14H,15H2,1-2H3,(H,27,28). The third-order valence-corrected chi connectivity index (χ3v) is 5.28. The van der Waals surface area contributed by atoms with E-state index < -0.39 is 5.97 Å². The summed E-state index contributed by atoms with van der Waals surface area (Å²) in [5, 5.41) is 3.94. The van der Waals surface area contributed by atoms with Crippen molar-refractivity contribution in [1.82, 2.24) is 5.43 Å². The molecular formula is C24H21IN2O4. The number of amides is 1. The monoisotopic (exact) mass is 528 g/mol. The van der Waals surface area contributed by atoms with Crippen LogP contribution in [0.3, 0.4) is 0 Å². The molecule has 0 bridgehead atoms. The van der Waals surface area contributed by atoms with E-state index in [1.54, 1.807) is 36.4 Å². The van der Waals surface area contributed by atoms with E-state index in [9.17, 15) is 9.59 Å². The zero-order valence-corrected chi connectivity index (χ0v) is 19.3. The molecule has 7 heteroatoms. The average Bonchev–Trinajstić information content (AvgIpc) is 2.75. The van der Waals surface area contributed by atoms with E-state index in [4.69, 9.17) is 9.47 Å². The van der Waals surface area contributed by atoms with Crippen LogP contribution >= 0.6 is 22.6 Å². The number of halogens is 1. The van der Waals surface area contributed by atoms with Gasteiger partial charge >= 0.3 is 5.97 Å². The van der Waals surface area contributed by atoms with Crippen molar-refractivity contribution >= 4 is 40.7 Å². The normalized spacial score (nSPS) is 10.7. The van der Waals surface area contributed by atoms with Gasteiger partial charge in [-0.25, -0.2) is 10.2 Å². The third kappa shape index (κ3) is 6.39. The molecule has 1 N–H and O–H groups in total. The molecule has 0 aliphatic rings. The number of hydrogen-bond donors (Lipinski definition) is 1. The van der Waals surface area contributed by atoms with Crippen molar-refractivity contribution in [2.75, 3.05) is 6.61 Å². The lowest BCUT2D eigenvalue weighted by Gasteiger charge is -2.10. The van der Waals surface area contributed by atoms with Crippen LogP contribution in [0.5, 0.6) is 11.5 Å². The van der Waals surface area contributed by atoms with Gasteiger partial charge in [0.05, 0.1) is 11.8 Å². The highest BCUT2D eigenvalue weighted by atomic mass is 127. The average molecular weight is 528 g/mol. The number of esters is 1. The molecule has 3 aromatic carbocycles. The number of aryl methyl sites for hydroxylation is 2. The smallest absolute Gasteiger partial charge is 0.344 e. The third-order valence-electron chi connectivity index (χ3n) is 4.34. The molecule has 0 fully saturated rings. The molecule has 3 rings (SSSR count). The summed E-state index contributed by atoms with van der Waals surface area (Å²) in [6.45, 7) is 3.73. The number of nitrogens with zero attached hydrogens (tertiary/aromatic N) is 1. The molecule has 0 spiro atoms. The lowest BCUT2D eigenvalue weighted by molar-refractivity contribution is -0.123. The van der Waals surface area contributed by atoms with Gasteiger partial charge in [0, 0.05) is 3.57 Å². The highest BCUT2D eigenvalue weighted by Crippen LogP contribution is 2.22. The Bertz CT molecular complexity index is 1090. The Morgan fingerprint density at radius 2 is 1.65 bits per heavy atom.